The lowest BCUT2D eigenvalue weighted by Crippen LogP contribution is -2.52. The number of aryl methyl sites for hydroxylation is 1. The summed E-state index contributed by atoms with van der Waals surface area (Å²) in [6, 6.07) is 13.9. The van der Waals surface area contributed by atoms with E-state index in [-0.39, 0.29) is 24.1 Å². The largest absolute Gasteiger partial charge is 0.366 e. The van der Waals surface area contributed by atoms with Gasteiger partial charge in [0.25, 0.3) is 0 Å². The van der Waals surface area contributed by atoms with Crippen LogP contribution in [0.5, 0.6) is 0 Å². The first kappa shape index (κ1) is 18.9. The van der Waals surface area contributed by atoms with Gasteiger partial charge in [-0.2, -0.15) is 0 Å². The minimum Gasteiger partial charge on any atom is -0.366 e. The van der Waals surface area contributed by atoms with Crippen molar-refractivity contribution >= 4 is 17.5 Å². The molecule has 2 amide bonds. The molecule has 1 aliphatic rings. The van der Waals surface area contributed by atoms with E-state index in [1.807, 2.05) is 30.0 Å². The van der Waals surface area contributed by atoms with Crippen LogP contribution < -0.4 is 10.2 Å². The maximum atomic E-state index is 13.9. The van der Waals surface area contributed by atoms with Gasteiger partial charge in [-0.15, -0.1) is 0 Å². The molecule has 0 aromatic heterocycles. The van der Waals surface area contributed by atoms with Gasteiger partial charge in [-0.3, -0.25) is 4.79 Å². The molecule has 1 saturated heterocycles. The monoisotopic (exact) mass is 369 g/mol. The fourth-order valence-electron chi connectivity index (χ4n) is 3.14. The minimum atomic E-state index is -0.245. The van der Waals surface area contributed by atoms with E-state index in [1.165, 1.54) is 6.07 Å². The number of hydrogen-bond acceptors (Lipinski definition) is 3. The number of amides is 2. The van der Waals surface area contributed by atoms with Crippen molar-refractivity contribution in [3.05, 3.63) is 65.5 Å². The highest BCUT2D eigenvalue weighted by molar-refractivity contribution is 5.96. The van der Waals surface area contributed by atoms with E-state index in [2.05, 4.69) is 5.32 Å². The van der Waals surface area contributed by atoms with Gasteiger partial charge in [0.15, 0.2) is 5.78 Å². The molecule has 0 atom stereocenters. The standard InChI is InChI=1S/C21H24FN3O2/c1-16-6-8-17(9-7-16)20(26)10-11-23-21(27)25-14-12-24(13-15-25)19-5-3-2-4-18(19)22/h2-9H,10-15H2,1H3,(H,23,27). The Bertz CT molecular complexity index is 799. The van der Waals surface area contributed by atoms with E-state index in [4.69, 9.17) is 0 Å². The molecule has 6 heteroatoms. The van der Waals surface area contributed by atoms with Crippen LogP contribution in [0.2, 0.25) is 0 Å². The summed E-state index contributed by atoms with van der Waals surface area (Å²) in [5.74, 6) is -0.232. The van der Waals surface area contributed by atoms with E-state index < -0.39 is 0 Å². The van der Waals surface area contributed by atoms with Crippen LogP contribution in [0.4, 0.5) is 14.9 Å². The summed E-state index contributed by atoms with van der Waals surface area (Å²) in [7, 11) is 0. The molecule has 3 rings (SSSR count). The molecule has 0 spiro atoms. The number of hydrogen-bond donors (Lipinski definition) is 1. The minimum absolute atomic E-state index is 0.0136. The molecule has 0 aliphatic carbocycles. The summed E-state index contributed by atoms with van der Waals surface area (Å²) < 4.78 is 13.9. The van der Waals surface area contributed by atoms with Gasteiger partial charge in [-0.1, -0.05) is 42.0 Å². The van der Waals surface area contributed by atoms with Crippen molar-refractivity contribution in [2.75, 3.05) is 37.6 Å². The van der Waals surface area contributed by atoms with Crippen LogP contribution in [0.15, 0.2) is 48.5 Å². The Hall–Kier alpha value is -2.89. The number of nitrogens with one attached hydrogen (secondary N) is 1. The van der Waals surface area contributed by atoms with E-state index >= 15 is 0 Å². The fraction of sp³-hybridized carbons (Fsp3) is 0.333. The summed E-state index contributed by atoms with van der Waals surface area (Å²) in [6.07, 6.45) is 0.268. The maximum absolute atomic E-state index is 13.9. The summed E-state index contributed by atoms with van der Waals surface area (Å²) in [5.41, 5.74) is 2.34. The van der Waals surface area contributed by atoms with Crippen molar-refractivity contribution in [3.63, 3.8) is 0 Å². The van der Waals surface area contributed by atoms with Gasteiger partial charge >= 0.3 is 6.03 Å². The SMILES string of the molecule is Cc1ccc(C(=O)CCNC(=O)N2CCN(c3ccccc3F)CC2)cc1. The molecule has 1 heterocycles. The van der Waals surface area contributed by atoms with E-state index in [0.717, 1.165) is 5.56 Å². The predicted octanol–water partition coefficient (Wildman–Crippen LogP) is 3.24. The van der Waals surface area contributed by atoms with Gasteiger partial charge in [0.1, 0.15) is 5.82 Å². The Morgan fingerprint density at radius 2 is 1.67 bits per heavy atom. The van der Waals surface area contributed by atoms with E-state index in [1.54, 1.807) is 29.2 Å². The smallest absolute Gasteiger partial charge is 0.317 e. The average molecular weight is 369 g/mol. The molecule has 0 bridgehead atoms. The molecule has 2 aromatic carbocycles. The molecule has 142 valence electrons. The number of carbonyl (C=O) groups excluding carboxylic acids is 2. The molecular weight excluding hydrogens is 345 g/mol. The molecule has 0 unspecified atom stereocenters. The first-order chi connectivity index (χ1) is 13.0. The number of nitrogens with zero attached hydrogens (tertiary/aromatic N) is 2. The van der Waals surface area contributed by atoms with Crippen molar-refractivity contribution in [1.29, 1.82) is 0 Å². The number of urea groups is 1. The second-order valence-corrected chi connectivity index (χ2v) is 6.70. The fourth-order valence-corrected chi connectivity index (χ4v) is 3.14. The average Bonchev–Trinajstić information content (AvgIpc) is 2.69. The number of piperazine rings is 1. The molecule has 5 nitrogen and oxygen atoms in total. The maximum Gasteiger partial charge on any atom is 0.317 e. The normalized spacial score (nSPS) is 14.1. The van der Waals surface area contributed by atoms with Crippen LogP contribution in [0, 0.1) is 12.7 Å². The number of para-hydroxylation sites is 1. The van der Waals surface area contributed by atoms with Crippen LogP contribution in [0.1, 0.15) is 22.3 Å². The zero-order chi connectivity index (χ0) is 19.2. The van der Waals surface area contributed by atoms with E-state index in [9.17, 15) is 14.0 Å². The highest BCUT2D eigenvalue weighted by Gasteiger charge is 2.22. The molecule has 1 N–H and O–H groups in total. The lowest BCUT2D eigenvalue weighted by atomic mass is 10.1. The Morgan fingerprint density at radius 3 is 2.33 bits per heavy atom. The molecular formula is C21H24FN3O2. The number of benzene rings is 2. The van der Waals surface area contributed by atoms with Crippen molar-refractivity contribution < 1.29 is 14.0 Å². The number of anilines is 1. The molecule has 0 radical (unpaired) electrons. The number of carbonyl (C=O) groups is 2. The molecule has 1 fully saturated rings. The van der Waals surface area contributed by atoms with Gasteiger partial charge in [0.2, 0.25) is 0 Å². The summed E-state index contributed by atoms with van der Waals surface area (Å²) in [6.45, 7) is 4.48. The molecule has 27 heavy (non-hydrogen) atoms. The van der Waals surface area contributed by atoms with E-state index in [0.29, 0.717) is 44.0 Å². The summed E-state index contributed by atoms with van der Waals surface area (Å²) in [5, 5.41) is 2.80. The van der Waals surface area contributed by atoms with Crippen LogP contribution >= 0.6 is 0 Å². The topological polar surface area (TPSA) is 52.7 Å². The predicted molar refractivity (Wildman–Crippen MR) is 104 cm³/mol. The van der Waals surface area contributed by atoms with Gasteiger partial charge in [0.05, 0.1) is 5.69 Å². The first-order valence-electron chi connectivity index (χ1n) is 9.17. The molecule has 0 saturated carbocycles. The second kappa shape index (κ2) is 8.66. The van der Waals surface area contributed by atoms with Crippen LogP contribution in [0.3, 0.4) is 0 Å². The Morgan fingerprint density at radius 1 is 1.00 bits per heavy atom. The number of Topliss-reactive ketones (excluding diaryl/α,β-unsaturated/α-hetero) is 1. The van der Waals surface area contributed by atoms with Crippen molar-refractivity contribution in [1.82, 2.24) is 10.2 Å². The Kier molecular flexibility index (Phi) is 6.06. The van der Waals surface area contributed by atoms with Gasteiger partial charge in [-0.25, -0.2) is 9.18 Å². The summed E-state index contributed by atoms with van der Waals surface area (Å²) in [4.78, 5) is 28.1. The second-order valence-electron chi connectivity index (χ2n) is 6.70. The van der Waals surface area contributed by atoms with Crippen LogP contribution in [-0.2, 0) is 0 Å². The highest BCUT2D eigenvalue weighted by atomic mass is 19.1. The number of rotatable bonds is 5. The van der Waals surface area contributed by atoms with Gasteiger partial charge in [0, 0.05) is 44.7 Å². The number of halogens is 1. The third kappa shape index (κ3) is 4.84. The quantitative estimate of drug-likeness (QED) is 0.824. The first-order valence-corrected chi connectivity index (χ1v) is 9.17. The summed E-state index contributed by atoms with van der Waals surface area (Å²) >= 11 is 0. The van der Waals surface area contributed by atoms with Crippen LogP contribution in [-0.4, -0.2) is 49.4 Å². The molecule has 2 aromatic rings. The third-order valence-electron chi connectivity index (χ3n) is 4.76. The zero-order valence-electron chi connectivity index (χ0n) is 15.5. The van der Waals surface area contributed by atoms with Gasteiger partial charge in [-0.05, 0) is 19.1 Å². The Balaban J connectivity index is 1.42. The lowest BCUT2D eigenvalue weighted by molar-refractivity contribution is 0.0983. The number of ketones is 1. The van der Waals surface area contributed by atoms with Crippen LogP contribution in [0.25, 0.3) is 0 Å². The highest BCUT2D eigenvalue weighted by Crippen LogP contribution is 2.20. The molecule has 1 aliphatic heterocycles. The Labute approximate surface area is 158 Å². The van der Waals surface area contributed by atoms with Crippen molar-refractivity contribution in [2.45, 2.75) is 13.3 Å². The zero-order valence-corrected chi connectivity index (χ0v) is 15.5. The third-order valence-corrected chi connectivity index (χ3v) is 4.76. The van der Waals surface area contributed by atoms with Crippen molar-refractivity contribution in [2.24, 2.45) is 0 Å². The van der Waals surface area contributed by atoms with Crippen molar-refractivity contribution in [3.8, 4) is 0 Å². The van der Waals surface area contributed by atoms with Gasteiger partial charge < -0.3 is 15.1 Å². The lowest BCUT2D eigenvalue weighted by Gasteiger charge is -2.36.